The van der Waals surface area contributed by atoms with Gasteiger partial charge in [-0.2, -0.15) is 0 Å². The van der Waals surface area contributed by atoms with Gasteiger partial charge in [-0.3, -0.25) is 14.4 Å². The minimum absolute atomic E-state index is 0.176. The van der Waals surface area contributed by atoms with Gasteiger partial charge in [-0.05, 0) is 66.6 Å². The number of urea groups is 1. The minimum atomic E-state index is -0.777. The molecule has 1 N–H and O–H groups in total. The molecule has 41 heavy (non-hydrogen) atoms. The Balaban J connectivity index is 1.40. The number of imide groups is 2. The van der Waals surface area contributed by atoms with Crippen LogP contribution in [-0.4, -0.2) is 30.4 Å². The summed E-state index contributed by atoms with van der Waals surface area (Å²) in [6, 6.07) is 28.0. The fourth-order valence-electron chi connectivity index (χ4n) is 4.27. The van der Waals surface area contributed by atoms with Crippen molar-refractivity contribution in [2.24, 2.45) is 0 Å². The zero-order valence-corrected chi connectivity index (χ0v) is 22.7. The molecule has 204 valence electrons. The first-order valence-corrected chi connectivity index (χ1v) is 13.0. The molecule has 4 aromatic rings. The number of ether oxygens (including phenoxy) is 1. The van der Waals surface area contributed by atoms with E-state index in [1.807, 2.05) is 25.1 Å². The lowest BCUT2D eigenvalue weighted by molar-refractivity contribution is -0.121. The van der Waals surface area contributed by atoms with E-state index in [1.165, 1.54) is 12.1 Å². The van der Waals surface area contributed by atoms with Gasteiger partial charge < -0.3 is 10.1 Å². The Morgan fingerprint density at radius 3 is 1.93 bits per heavy atom. The Labute approximate surface area is 241 Å². The van der Waals surface area contributed by atoms with E-state index in [0.717, 1.165) is 15.4 Å². The number of amides is 5. The molecule has 1 saturated heterocycles. The SMILES string of the molecule is Cc1ccccc1NC(=O)COc1ccc(C=C2C(=O)N(c3ccccc3)C(=O)N(c3ccccc3)C2=O)cc1Cl. The number of hydrogen-bond donors (Lipinski definition) is 1. The lowest BCUT2D eigenvalue weighted by atomic mass is 10.0. The lowest BCUT2D eigenvalue weighted by Gasteiger charge is -2.33. The normalized spacial score (nSPS) is 13.3. The monoisotopic (exact) mass is 565 g/mol. The molecule has 0 saturated carbocycles. The molecule has 0 aliphatic carbocycles. The highest BCUT2D eigenvalue weighted by molar-refractivity contribution is 6.46. The van der Waals surface area contributed by atoms with Gasteiger partial charge >= 0.3 is 6.03 Å². The van der Waals surface area contributed by atoms with Crippen molar-refractivity contribution in [2.45, 2.75) is 6.92 Å². The molecule has 5 rings (SSSR count). The van der Waals surface area contributed by atoms with E-state index in [9.17, 15) is 19.2 Å². The molecule has 9 heteroatoms. The Bertz CT molecular complexity index is 1610. The molecule has 1 heterocycles. The van der Waals surface area contributed by atoms with Crippen LogP contribution in [0.4, 0.5) is 21.9 Å². The van der Waals surface area contributed by atoms with Crippen LogP contribution in [0.2, 0.25) is 5.02 Å². The van der Waals surface area contributed by atoms with Crippen LogP contribution < -0.4 is 19.9 Å². The van der Waals surface area contributed by atoms with Crippen molar-refractivity contribution >= 4 is 58.5 Å². The highest BCUT2D eigenvalue weighted by atomic mass is 35.5. The summed E-state index contributed by atoms with van der Waals surface area (Å²) in [4.78, 5) is 54.8. The molecule has 5 amide bonds. The molecule has 8 nitrogen and oxygen atoms in total. The highest BCUT2D eigenvalue weighted by Gasteiger charge is 2.43. The Morgan fingerprint density at radius 2 is 1.37 bits per heavy atom. The van der Waals surface area contributed by atoms with Gasteiger partial charge in [0.15, 0.2) is 6.61 Å². The maximum atomic E-state index is 13.5. The molecule has 0 radical (unpaired) electrons. The largest absolute Gasteiger partial charge is 0.482 e. The van der Waals surface area contributed by atoms with Crippen LogP contribution in [-0.2, 0) is 14.4 Å². The predicted molar refractivity (Wildman–Crippen MR) is 158 cm³/mol. The van der Waals surface area contributed by atoms with E-state index in [1.54, 1.807) is 78.9 Å². The van der Waals surface area contributed by atoms with Crippen molar-refractivity contribution in [2.75, 3.05) is 21.7 Å². The van der Waals surface area contributed by atoms with Crippen LogP contribution in [0.3, 0.4) is 0 Å². The third kappa shape index (κ3) is 5.88. The van der Waals surface area contributed by atoms with E-state index in [-0.39, 0.29) is 28.9 Å². The average Bonchev–Trinajstić information content (AvgIpc) is 2.97. The second-order valence-corrected chi connectivity index (χ2v) is 9.54. The summed E-state index contributed by atoms with van der Waals surface area (Å²) in [5.41, 5.74) is 2.46. The van der Waals surface area contributed by atoms with Crippen molar-refractivity contribution in [1.29, 1.82) is 0 Å². The predicted octanol–water partition coefficient (Wildman–Crippen LogP) is 6.25. The molecule has 0 spiro atoms. The molecular weight excluding hydrogens is 542 g/mol. The van der Waals surface area contributed by atoms with Gasteiger partial charge in [0.25, 0.3) is 17.7 Å². The fraction of sp³-hybridized carbons (Fsp3) is 0.0625. The van der Waals surface area contributed by atoms with E-state index in [2.05, 4.69) is 5.32 Å². The first kappa shape index (κ1) is 27.4. The van der Waals surface area contributed by atoms with Crippen molar-refractivity contribution in [3.8, 4) is 5.75 Å². The smallest absolute Gasteiger partial charge is 0.343 e. The van der Waals surface area contributed by atoms with E-state index in [4.69, 9.17) is 16.3 Å². The second kappa shape index (κ2) is 11.9. The summed E-state index contributed by atoms with van der Waals surface area (Å²) in [6.07, 6.45) is 1.38. The zero-order valence-electron chi connectivity index (χ0n) is 21.9. The average molecular weight is 566 g/mol. The van der Waals surface area contributed by atoms with Crippen LogP contribution in [0.1, 0.15) is 11.1 Å². The van der Waals surface area contributed by atoms with Gasteiger partial charge in [-0.1, -0.05) is 72.3 Å². The van der Waals surface area contributed by atoms with Crippen molar-refractivity contribution in [3.63, 3.8) is 0 Å². The van der Waals surface area contributed by atoms with Gasteiger partial charge in [0.05, 0.1) is 16.4 Å². The van der Waals surface area contributed by atoms with Crippen LogP contribution in [0.5, 0.6) is 5.75 Å². The number of nitrogens with zero attached hydrogens (tertiary/aromatic N) is 2. The zero-order chi connectivity index (χ0) is 28.9. The highest BCUT2D eigenvalue weighted by Crippen LogP contribution is 2.31. The summed E-state index contributed by atoms with van der Waals surface area (Å²) in [6.45, 7) is 1.61. The van der Waals surface area contributed by atoms with Gasteiger partial charge in [0.1, 0.15) is 11.3 Å². The number of hydrogen-bond acceptors (Lipinski definition) is 5. The Morgan fingerprint density at radius 1 is 0.805 bits per heavy atom. The second-order valence-electron chi connectivity index (χ2n) is 9.13. The molecule has 4 aromatic carbocycles. The molecule has 0 unspecified atom stereocenters. The summed E-state index contributed by atoms with van der Waals surface area (Å²) >= 11 is 6.43. The van der Waals surface area contributed by atoms with Crippen LogP contribution >= 0.6 is 11.6 Å². The quantitative estimate of drug-likeness (QED) is 0.211. The number of para-hydroxylation sites is 3. The first-order chi connectivity index (χ1) is 19.8. The number of halogens is 1. The molecule has 0 bridgehead atoms. The van der Waals surface area contributed by atoms with Crippen LogP contribution in [0.15, 0.2) is 109 Å². The van der Waals surface area contributed by atoms with Gasteiger partial charge in [0, 0.05) is 5.69 Å². The van der Waals surface area contributed by atoms with E-state index < -0.39 is 17.8 Å². The van der Waals surface area contributed by atoms with Gasteiger partial charge in [-0.25, -0.2) is 14.6 Å². The summed E-state index contributed by atoms with van der Waals surface area (Å²) in [7, 11) is 0. The van der Waals surface area contributed by atoms with Crippen molar-refractivity contribution < 1.29 is 23.9 Å². The first-order valence-electron chi connectivity index (χ1n) is 12.7. The number of benzene rings is 4. The number of aryl methyl sites for hydroxylation is 1. The summed E-state index contributed by atoms with van der Waals surface area (Å²) in [5.74, 6) is -1.63. The number of rotatable bonds is 7. The molecule has 0 aromatic heterocycles. The van der Waals surface area contributed by atoms with E-state index >= 15 is 0 Å². The van der Waals surface area contributed by atoms with Crippen LogP contribution in [0, 0.1) is 6.92 Å². The third-order valence-electron chi connectivity index (χ3n) is 6.32. The molecule has 1 fully saturated rings. The molecule has 1 aliphatic rings. The lowest BCUT2D eigenvalue weighted by Crippen LogP contribution is -2.57. The Hall–Kier alpha value is -5.21. The fourth-order valence-corrected chi connectivity index (χ4v) is 4.52. The molecular formula is C32H24ClN3O5. The maximum absolute atomic E-state index is 13.5. The number of nitrogens with one attached hydrogen (secondary N) is 1. The molecule has 0 atom stereocenters. The van der Waals surface area contributed by atoms with Crippen LogP contribution in [0.25, 0.3) is 6.08 Å². The van der Waals surface area contributed by atoms with Crippen molar-refractivity contribution in [3.05, 3.63) is 125 Å². The number of carbonyl (C=O) groups excluding carboxylic acids is 4. The van der Waals surface area contributed by atoms with Gasteiger partial charge in [0.2, 0.25) is 0 Å². The number of anilines is 3. The standard InChI is InChI=1S/C32H24ClN3O5/c1-21-10-8-9-15-27(21)34-29(37)20-41-28-17-16-22(19-26(28)33)18-25-30(38)35(23-11-4-2-5-12-23)32(40)36(31(25)39)24-13-6-3-7-14-24/h2-19H,20H2,1H3,(H,34,37). The maximum Gasteiger partial charge on any atom is 0.343 e. The molecule has 1 aliphatic heterocycles. The number of carbonyl (C=O) groups is 4. The Kier molecular flexibility index (Phi) is 7.94. The van der Waals surface area contributed by atoms with Gasteiger partial charge in [-0.15, -0.1) is 0 Å². The number of barbiturate groups is 1. The summed E-state index contributed by atoms with van der Waals surface area (Å²) < 4.78 is 5.60. The van der Waals surface area contributed by atoms with E-state index in [0.29, 0.717) is 22.6 Å². The van der Waals surface area contributed by atoms with Crippen molar-refractivity contribution in [1.82, 2.24) is 0 Å². The topological polar surface area (TPSA) is 96.0 Å². The minimum Gasteiger partial charge on any atom is -0.482 e. The summed E-state index contributed by atoms with van der Waals surface area (Å²) in [5, 5.41) is 2.96. The third-order valence-corrected chi connectivity index (χ3v) is 6.62.